The van der Waals surface area contributed by atoms with Crippen LogP contribution in [0.3, 0.4) is 0 Å². The summed E-state index contributed by atoms with van der Waals surface area (Å²) in [4.78, 5) is 0. The molecule has 0 aliphatic carbocycles. The van der Waals surface area contributed by atoms with E-state index in [4.69, 9.17) is 5.73 Å². The minimum Gasteiger partial charge on any atom is -0.508 e. The van der Waals surface area contributed by atoms with Crippen LogP contribution in [0.15, 0.2) is 18.2 Å². The molecule has 1 rings (SSSR count). The Hall–Kier alpha value is -1.16. The first-order valence-electron chi connectivity index (χ1n) is 4.33. The number of phenolic OH excluding ortho intramolecular Hbond substituents is 1. The summed E-state index contributed by atoms with van der Waals surface area (Å²) in [7, 11) is 0. The van der Waals surface area contributed by atoms with E-state index in [2.05, 4.69) is 0 Å². The van der Waals surface area contributed by atoms with Gasteiger partial charge in [0.05, 0.1) is 6.04 Å². The van der Waals surface area contributed by atoms with Crippen LogP contribution >= 0.6 is 0 Å². The normalized spacial score (nSPS) is 13.2. The van der Waals surface area contributed by atoms with Crippen LogP contribution in [0.4, 0.5) is 8.78 Å². The molecule has 1 atom stereocenters. The lowest BCUT2D eigenvalue weighted by molar-refractivity contribution is 0.115. The number of hydrogen-bond donors (Lipinski definition) is 2. The second kappa shape index (κ2) is 4.37. The van der Waals surface area contributed by atoms with Crippen LogP contribution in [0.5, 0.6) is 5.75 Å². The van der Waals surface area contributed by atoms with Gasteiger partial charge in [0.15, 0.2) is 0 Å². The van der Waals surface area contributed by atoms with E-state index >= 15 is 0 Å². The SMILES string of the molecule is Cc1ccc(O)c(CC(N)C(F)F)c1. The Morgan fingerprint density at radius 3 is 2.64 bits per heavy atom. The Morgan fingerprint density at radius 2 is 2.07 bits per heavy atom. The lowest BCUT2D eigenvalue weighted by atomic mass is 10.0. The number of halogens is 2. The summed E-state index contributed by atoms with van der Waals surface area (Å²) in [5.41, 5.74) is 6.59. The average molecular weight is 201 g/mol. The van der Waals surface area contributed by atoms with Crippen LogP contribution in [-0.4, -0.2) is 17.6 Å². The summed E-state index contributed by atoms with van der Waals surface area (Å²) in [6.45, 7) is 1.83. The quantitative estimate of drug-likeness (QED) is 0.783. The Kier molecular flexibility index (Phi) is 3.41. The molecule has 0 bridgehead atoms. The fourth-order valence-corrected chi connectivity index (χ4v) is 1.22. The van der Waals surface area contributed by atoms with Crippen LogP contribution in [-0.2, 0) is 6.42 Å². The van der Waals surface area contributed by atoms with Gasteiger partial charge in [-0.15, -0.1) is 0 Å². The molecule has 0 aromatic heterocycles. The van der Waals surface area contributed by atoms with Crippen molar-refractivity contribution < 1.29 is 13.9 Å². The van der Waals surface area contributed by atoms with E-state index in [1.54, 1.807) is 12.1 Å². The highest BCUT2D eigenvalue weighted by molar-refractivity contribution is 5.36. The van der Waals surface area contributed by atoms with Gasteiger partial charge in [0.2, 0.25) is 0 Å². The molecule has 0 aliphatic heterocycles. The van der Waals surface area contributed by atoms with Gasteiger partial charge < -0.3 is 10.8 Å². The Balaban J connectivity index is 2.80. The zero-order valence-corrected chi connectivity index (χ0v) is 7.87. The first-order valence-corrected chi connectivity index (χ1v) is 4.33. The van der Waals surface area contributed by atoms with Crippen molar-refractivity contribution in [2.75, 3.05) is 0 Å². The van der Waals surface area contributed by atoms with Gasteiger partial charge in [-0.2, -0.15) is 0 Å². The number of alkyl halides is 2. The van der Waals surface area contributed by atoms with Gasteiger partial charge in [-0.05, 0) is 25.0 Å². The van der Waals surface area contributed by atoms with E-state index in [-0.39, 0.29) is 12.2 Å². The maximum atomic E-state index is 12.1. The van der Waals surface area contributed by atoms with Crippen LogP contribution < -0.4 is 5.73 Å². The van der Waals surface area contributed by atoms with Gasteiger partial charge in [0, 0.05) is 0 Å². The first kappa shape index (κ1) is 10.9. The fraction of sp³-hybridized carbons (Fsp3) is 0.400. The highest BCUT2D eigenvalue weighted by Gasteiger charge is 2.17. The Bertz CT molecular complexity index is 315. The van der Waals surface area contributed by atoms with Gasteiger partial charge in [0.25, 0.3) is 6.43 Å². The zero-order chi connectivity index (χ0) is 10.7. The van der Waals surface area contributed by atoms with Crippen LogP contribution in [0.1, 0.15) is 11.1 Å². The van der Waals surface area contributed by atoms with Gasteiger partial charge in [-0.25, -0.2) is 8.78 Å². The molecule has 0 saturated carbocycles. The second-order valence-corrected chi connectivity index (χ2v) is 3.33. The zero-order valence-electron chi connectivity index (χ0n) is 7.87. The van der Waals surface area contributed by atoms with E-state index in [0.29, 0.717) is 5.56 Å². The number of aromatic hydroxyl groups is 1. The molecule has 0 saturated heterocycles. The molecule has 78 valence electrons. The molecular weight excluding hydrogens is 188 g/mol. The predicted octanol–water partition coefficient (Wildman–Crippen LogP) is 1.84. The molecule has 0 heterocycles. The fourth-order valence-electron chi connectivity index (χ4n) is 1.22. The maximum absolute atomic E-state index is 12.1. The summed E-state index contributed by atoms with van der Waals surface area (Å²) in [6, 6.07) is 3.65. The van der Waals surface area contributed by atoms with Crippen molar-refractivity contribution in [2.45, 2.75) is 25.8 Å². The summed E-state index contributed by atoms with van der Waals surface area (Å²) in [5.74, 6) is 0.0201. The molecule has 1 aromatic carbocycles. The third-order valence-electron chi connectivity index (χ3n) is 2.01. The van der Waals surface area contributed by atoms with Crippen LogP contribution in [0.2, 0.25) is 0 Å². The third-order valence-corrected chi connectivity index (χ3v) is 2.01. The van der Waals surface area contributed by atoms with E-state index in [9.17, 15) is 13.9 Å². The van der Waals surface area contributed by atoms with Gasteiger partial charge in [-0.3, -0.25) is 0 Å². The first-order chi connectivity index (χ1) is 6.50. The summed E-state index contributed by atoms with van der Waals surface area (Å²) >= 11 is 0. The molecule has 14 heavy (non-hydrogen) atoms. The number of benzene rings is 1. The van der Waals surface area contributed by atoms with Crippen molar-refractivity contribution in [3.05, 3.63) is 29.3 Å². The van der Waals surface area contributed by atoms with Crippen molar-refractivity contribution in [2.24, 2.45) is 5.73 Å². The van der Waals surface area contributed by atoms with Gasteiger partial charge in [0.1, 0.15) is 5.75 Å². The van der Waals surface area contributed by atoms with E-state index in [1.165, 1.54) is 6.07 Å². The smallest absolute Gasteiger partial charge is 0.253 e. The summed E-state index contributed by atoms with van der Waals surface area (Å²) in [5, 5.41) is 9.37. The molecule has 1 aromatic rings. The minimum absolute atomic E-state index is 0.00875. The molecule has 2 nitrogen and oxygen atoms in total. The van der Waals surface area contributed by atoms with E-state index in [1.807, 2.05) is 6.92 Å². The second-order valence-electron chi connectivity index (χ2n) is 3.33. The molecule has 0 radical (unpaired) electrons. The predicted molar refractivity (Wildman–Crippen MR) is 50.5 cm³/mol. The molecule has 0 aliphatic rings. The molecule has 0 amide bonds. The average Bonchev–Trinajstić information content (AvgIpc) is 2.11. The van der Waals surface area contributed by atoms with E-state index in [0.717, 1.165) is 5.56 Å². The molecule has 4 heteroatoms. The molecule has 0 spiro atoms. The Labute approximate surface area is 81.4 Å². The highest BCUT2D eigenvalue weighted by atomic mass is 19.3. The lowest BCUT2D eigenvalue weighted by Crippen LogP contribution is -2.30. The van der Waals surface area contributed by atoms with Crippen molar-refractivity contribution in [1.82, 2.24) is 0 Å². The standard InChI is InChI=1S/C10H13F2NO/c1-6-2-3-9(14)7(4-6)5-8(13)10(11)12/h2-4,8,10,14H,5,13H2,1H3. The summed E-state index contributed by atoms with van der Waals surface area (Å²) < 4.78 is 24.3. The maximum Gasteiger partial charge on any atom is 0.253 e. The lowest BCUT2D eigenvalue weighted by Gasteiger charge is -2.11. The monoisotopic (exact) mass is 201 g/mol. The van der Waals surface area contributed by atoms with Crippen LogP contribution in [0.25, 0.3) is 0 Å². The van der Waals surface area contributed by atoms with Crippen molar-refractivity contribution in [3.63, 3.8) is 0 Å². The third kappa shape index (κ3) is 2.67. The van der Waals surface area contributed by atoms with Crippen LogP contribution in [0, 0.1) is 6.92 Å². The van der Waals surface area contributed by atoms with Gasteiger partial charge >= 0.3 is 0 Å². The minimum atomic E-state index is -2.56. The molecule has 1 unspecified atom stereocenters. The van der Waals surface area contributed by atoms with Crippen molar-refractivity contribution in [1.29, 1.82) is 0 Å². The molecular formula is C10H13F2NO. The number of nitrogens with two attached hydrogens (primary N) is 1. The summed E-state index contributed by atoms with van der Waals surface area (Å²) in [6.07, 6.45) is -2.57. The van der Waals surface area contributed by atoms with Crippen molar-refractivity contribution >= 4 is 0 Å². The molecule has 0 fully saturated rings. The number of rotatable bonds is 3. The highest BCUT2D eigenvalue weighted by Crippen LogP contribution is 2.20. The van der Waals surface area contributed by atoms with E-state index < -0.39 is 12.5 Å². The number of phenols is 1. The largest absolute Gasteiger partial charge is 0.508 e. The topological polar surface area (TPSA) is 46.2 Å². The van der Waals surface area contributed by atoms with Crippen molar-refractivity contribution in [3.8, 4) is 5.75 Å². The molecule has 3 N–H and O–H groups in total. The number of aryl methyl sites for hydroxylation is 1. The number of hydrogen-bond acceptors (Lipinski definition) is 2. The van der Waals surface area contributed by atoms with Gasteiger partial charge in [-0.1, -0.05) is 17.7 Å². The Morgan fingerprint density at radius 1 is 1.43 bits per heavy atom.